The molecule has 0 unspecified atom stereocenters. The zero-order valence-corrected chi connectivity index (χ0v) is 20.9. The number of nitrogens with zero attached hydrogens (tertiary/aromatic N) is 5. The number of likely N-dealkylation sites (tertiary alicyclic amines) is 1. The molecular formula is C28H24FN7S. The molecule has 0 aliphatic carbocycles. The van der Waals surface area contributed by atoms with Gasteiger partial charge >= 0.3 is 0 Å². The molecule has 2 N–H and O–H groups in total. The van der Waals surface area contributed by atoms with E-state index in [4.69, 9.17) is 4.98 Å². The summed E-state index contributed by atoms with van der Waals surface area (Å²) in [6.07, 6.45) is 11.2. The van der Waals surface area contributed by atoms with Gasteiger partial charge in [-0.15, -0.1) is 11.3 Å². The number of pyridine rings is 3. The molecule has 6 aromatic rings. The second-order valence-electron chi connectivity index (χ2n) is 9.52. The maximum absolute atomic E-state index is 13.7. The number of rotatable bonds is 5. The molecule has 7 rings (SSSR count). The molecular weight excluding hydrogens is 485 g/mol. The van der Waals surface area contributed by atoms with Crippen LogP contribution in [-0.4, -0.2) is 48.1 Å². The summed E-state index contributed by atoms with van der Waals surface area (Å²) in [6.45, 7) is 3.21. The van der Waals surface area contributed by atoms with Gasteiger partial charge < -0.3 is 4.98 Å². The first kappa shape index (κ1) is 22.3. The summed E-state index contributed by atoms with van der Waals surface area (Å²) in [6, 6.07) is 11.5. The second kappa shape index (κ2) is 9.17. The fourth-order valence-electron chi connectivity index (χ4n) is 5.17. The van der Waals surface area contributed by atoms with E-state index < -0.39 is 0 Å². The number of thiophene rings is 1. The van der Waals surface area contributed by atoms with Gasteiger partial charge in [-0.2, -0.15) is 9.49 Å². The van der Waals surface area contributed by atoms with Crippen LogP contribution in [0.4, 0.5) is 4.39 Å². The van der Waals surface area contributed by atoms with Crippen molar-refractivity contribution in [1.29, 1.82) is 0 Å². The fraction of sp³-hybridized carbons (Fsp3) is 0.214. The molecule has 7 heterocycles. The summed E-state index contributed by atoms with van der Waals surface area (Å²) in [7, 11) is 0. The number of aromatic amines is 2. The molecule has 6 aromatic heterocycles. The minimum Gasteiger partial charge on any atom is -0.352 e. The smallest absolute Gasteiger partial charge is 0.176 e. The van der Waals surface area contributed by atoms with Crippen molar-refractivity contribution < 1.29 is 4.39 Å². The van der Waals surface area contributed by atoms with Crippen LogP contribution in [0.1, 0.15) is 24.8 Å². The number of H-pyrrole nitrogens is 2. The summed E-state index contributed by atoms with van der Waals surface area (Å²) < 4.78 is 13.7. The average molecular weight is 510 g/mol. The van der Waals surface area contributed by atoms with Crippen LogP contribution in [0.2, 0.25) is 0 Å². The Balaban J connectivity index is 1.26. The summed E-state index contributed by atoms with van der Waals surface area (Å²) in [4.78, 5) is 20.6. The third kappa shape index (κ3) is 4.20. The molecule has 37 heavy (non-hydrogen) atoms. The minimum atomic E-state index is -0.215. The highest BCUT2D eigenvalue weighted by Crippen LogP contribution is 2.36. The van der Waals surface area contributed by atoms with Crippen molar-refractivity contribution >= 4 is 33.3 Å². The van der Waals surface area contributed by atoms with Crippen LogP contribution >= 0.6 is 11.3 Å². The number of nitrogens with one attached hydrogen (secondary N) is 2. The lowest BCUT2D eigenvalue weighted by atomic mass is 10.1. The van der Waals surface area contributed by atoms with E-state index in [-0.39, 0.29) is 5.13 Å². The molecule has 9 heteroatoms. The van der Waals surface area contributed by atoms with E-state index in [0.717, 1.165) is 86.0 Å². The van der Waals surface area contributed by atoms with E-state index in [1.807, 2.05) is 30.6 Å². The topological polar surface area (TPSA) is 86.4 Å². The first-order valence-electron chi connectivity index (χ1n) is 12.5. The van der Waals surface area contributed by atoms with E-state index in [0.29, 0.717) is 0 Å². The van der Waals surface area contributed by atoms with Gasteiger partial charge in [-0.1, -0.05) is 6.42 Å². The Morgan fingerprint density at radius 2 is 1.81 bits per heavy atom. The van der Waals surface area contributed by atoms with E-state index in [1.54, 1.807) is 18.5 Å². The van der Waals surface area contributed by atoms with Gasteiger partial charge in [0, 0.05) is 46.5 Å². The Labute approximate surface area is 216 Å². The Hall–Kier alpha value is -3.95. The van der Waals surface area contributed by atoms with Gasteiger partial charge in [0.05, 0.1) is 28.6 Å². The maximum Gasteiger partial charge on any atom is 0.176 e. The molecule has 0 atom stereocenters. The van der Waals surface area contributed by atoms with Gasteiger partial charge in [0.2, 0.25) is 0 Å². The number of aromatic nitrogens is 6. The van der Waals surface area contributed by atoms with Crippen molar-refractivity contribution in [3.05, 3.63) is 71.9 Å². The van der Waals surface area contributed by atoms with E-state index in [9.17, 15) is 4.39 Å². The van der Waals surface area contributed by atoms with Crippen LogP contribution in [0.25, 0.3) is 55.0 Å². The zero-order valence-electron chi connectivity index (χ0n) is 20.0. The molecule has 0 aromatic carbocycles. The quantitative estimate of drug-likeness (QED) is 0.280. The van der Waals surface area contributed by atoms with Crippen LogP contribution in [0.5, 0.6) is 0 Å². The Morgan fingerprint density at radius 3 is 2.68 bits per heavy atom. The monoisotopic (exact) mass is 509 g/mol. The number of hydrogen-bond acceptors (Lipinski definition) is 6. The Morgan fingerprint density at radius 1 is 0.919 bits per heavy atom. The highest BCUT2D eigenvalue weighted by molar-refractivity contribution is 7.14. The van der Waals surface area contributed by atoms with Crippen molar-refractivity contribution in [2.45, 2.75) is 25.8 Å². The minimum absolute atomic E-state index is 0.215. The first-order chi connectivity index (χ1) is 18.2. The van der Waals surface area contributed by atoms with Crippen LogP contribution in [-0.2, 0) is 6.54 Å². The van der Waals surface area contributed by atoms with Crippen LogP contribution < -0.4 is 0 Å². The zero-order chi connectivity index (χ0) is 24.8. The van der Waals surface area contributed by atoms with E-state index in [2.05, 4.69) is 36.1 Å². The summed E-state index contributed by atoms with van der Waals surface area (Å²) in [5, 5.41) is 8.44. The van der Waals surface area contributed by atoms with Gasteiger partial charge in [-0.05, 0) is 67.9 Å². The normalized spacial score (nSPS) is 14.6. The Kier molecular flexibility index (Phi) is 5.52. The molecule has 7 nitrogen and oxygen atoms in total. The van der Waals surface area contributed by atoms with E-state index in [1.165, 1.54) is 30.9 Å². The lowest BCUT2D eigenvalue weighted by molar-refractivity contribution is 0.220. The fourth-order valence-corrected chi connectivity index (χ4v) is 5.93. The SMILES string of the molecule is Fc1ccc(-c2cncc3[nH]c(-c4n[nH]c5ccc(-c6cncc(CN7CCCCC7)c6)nc45)cc23)s1. The predicted molar refractivity (Wildman–Crippen MR) is 145 cm³/mol. The van der Waals surface area contributed by atoms with Crippen molar-refractivity contribution in [1.82, 2.24) is 35.0 Å². The highest BCUT2D eigenvalue weighted by Gasteiger charge is 2.17. The van der Waals surface area contributed by atoms with Gasteiger partial charge in [-0.3, -0.25) is 20.0 Å². The molecule has 1 saturated heterocycles. The van der Waals surface area contributed by atoms with E-state index >= 15 is 0 Å². The van der Waals surface area contributed by atoms with Crippen molar-refractivity contribution in [2.24, 2.45) is 0 Å². The van der Waals surface area contributed by atoms with Crippen LogP contribution in [0, 0.1) is 5.13 Å². The summed E-state index contributed by atoms with van der Waals surface area (Å²) in [5.41, 5.74) is 8.00. The second-order valence-corrected chi connectivity index (χ2v) is 10.6. The summed E-state index contributed by atoms with van der Waals surface area (Å²) in [5.74, 6) is 0. The molecule has 1 aliphatic heterocycles. The largest absolute Gasteiger partial charge is 0.352 e. The lowest BCUT2D eigenvalue weighted by Crippen LogP contribution is -2.29. The first-order valence-corrected chi connectivity index (χ1v) is 13.3. The predicted octanol–water partition coefficient (Wildman–Crippen LogP) is 6.42. The van der Waals surface area contributed by atoms with Gasteiger partial charge in [-0.25, -0.2) is 4.98 Å². The van der Waals surface area contributed by atoms with Crippen molar-refractivity contribution in [3.8, 4) is 33.1 Å². The van der Waals surface area contributed by atoms with Gasteiger partial charge in [0.1, 0.15) is 11.2 Å². The molecule has 184 valence electrons. The van der Waals surface area contributed by atoms with Crippen molar-refractivity contribution in [2.75, 3.05) is 13.1 Å². The molecule has 0 bridgehead atoms. The molecule has 1 aliphatic rings. The molecule has 0 saturated carbocycles. The third-order valence-corrected chi connectivity index (χ3v) is 7.90. The molecule has 0 amide bonds. The van der Waals surface area contributed by atoms with Crippen LogP contribution in [0.15, 0.2) is 61.2 Å². The van der Waals surface area contributed by atoms with Gasteiger partial charge in [0.25, 0.3) is 0 Å². The lowest BCUT2D eigenvalue weighted by Gasteiger charge is -2.26. The molecule has 0 spiro atoms. The highest BCUT2D eigenvalue weighted by atomic mass is 32.1. The molecule has 1 fully saturated rings. The van der Waals surface area contributed by atoms with Crippen LogP contribution in [0.3, 0.4) is 0 Å². The standard InChI is InChI=1S/C28H24FN7S/c29-26-7-6-25(37-26)20-14-31-15-24-19(20)11-23(32-24)28-27-22(34-35-28)5-4-21(33-27)18-10-17(12-30-13-18)16-36-8-2-1-3-9-36/h4-7,10-15,32H,1-3,8-9,16H2,(H,34,35). The number of piperidine rings is 1. The third-order valence-electron chi connectivity index (χ3n) is 6.99. The number of fused-ring (bicyclic) bond motifs is 2. The van der Waals surface area contributed by atoms with Crippen molar-refractivity contribution in [3.63, 3.8) is 0 Å². The summed E-state index contributed by atoms with van der Waals surface area (Å²) >= 11 is 1.11. The Bertz CT molecular complexity index is 1730. The number of hydrogen-bond donors (Lipinski definition) is 2. The average Bonchev–Trinajstić information content (AvgIpc) is 3.66. The maximum atomic E-state index is 13.7. The van der Waals surface area contributed by atoms with Gasteiger partial charge in [0.15, 0.2) is 5.13 Å². The molecule has 0 radical (unpaired) electrons. The number of halogens is 1.